The number of hydrogen-bond acceptors (Lipinski definition) is 7. The third-order valence-electron chi connectivity index (χ3n) is 5.13. The van der Waals surface area contributed by atoms with E-state index in [9.17, 15) is 4.79 Å². The van der Waals surface area contributed by atoms with Gasteiger partial charge in [0.05, 0.1) is 12.6 Å². The molecule has 2 aromatic rings. The van der Waals surface area contributed by atoms with E-state index in [-0.39, 0.29) is 11.9 Å². The van der Waals surface area contributed by atoms with Gasteiger partial charge in [0.25, 0.3) is 0 Å². The third kappa shape index (κ3) is 3.55. The Morgan fingerprint density at radius 3 is 2.65 bits per heavy atom. The summed E-state index contributed by atoms with van der Waals surface area (Å²) in [6, 6.07) is 3.81. The van der Waals surface area contributed by atoms with Crippen molar-refractivity contribution >= 4 is 11.9 Å². The van der Waals surface area contributed by atoms with Crippen molar-refractivity contribution in [1.82, 2.24) is 24.9 Å². The highest BCUT2D eigenvalue weighted by Crippen LogP contribution is 2.31. The highest BCUT2D eigenvalue weighted by atomic mass is 16.5. The molecule has 8 nitrogen and oxygen atoms in total. The molecule has 0 radical (unpaired) electrons. The van der Waals surface area contributed by atoms with E-state index >= 15 is 0 Å². The molecule has 2 aliphatic heterocycles. The minimum absolute atomic E-state index is 0.0546. The Balaban J connectivity index is 1.32. The Bertz CT molecular complexity index is 741. The summed E-state index contributed by atoms with van der Waals surface area (Å²) in [5.41, 5.74) is 0.874. The van der Waals surface area contributed by atoms with E-state index < -0.39 is 0 Å². The Labute approximate surface area is 152 Å². The molecule has 0 spiro atoms. The summed E-state index contributed by atoms with van der Waals surface area (Å²) in [5, 5.41) is 4.12. The predicted molar refractivity (Wildman–Crippen MR) is 95.6 cm³/mol. The zero-order chi connectivity index (χ0) is 17.9. The summed E-state index contributed by atoms with van der Waals surface area (Å²) in [6.07, 6.45) is 5.49. The highest BCUT2D eigenvalue weighted by molar-refractivity contribution is 5.79. The van der Waals surface area contributed by atoms with Gasteiger partial charge in [-0.25, -0.2) is 9.97 Å². The lowest BCUT2D eigenvalue weighted by atomic mass is 10.1. The zero-order valence-electron chi connectivity index (χ0n) is 15.0. The molecule has 8 heteroatoms. The van der Waals surface area contributed by atoms with Crippen molar-refractivity contribution in [3.63, 3.8) is 0 Å². The van der Waals surface area contributed by atoms with Crippen molar-refractivity contribution in [2.24, 2.45) is 0 Å². The molecular weight excluding hydrogens is 332 g/mol. The van der Waals surface area contributed by atoms with Crippen molar-refractivity contribution in [3.05, 3.63) is 36.0 Å². The first-order valence-electron chi connectivity index (χ1n) is 9.18. The van der Waals surface area contributed by atoms with Gasteiger partial charge in [0.2, 0.25) is 11.9 Å². The number of anilines is 1. The van der Waals surface area contributed by atoms with Crippen LogP contribution in [-0.4, -0.2) is 70.1 Å². The summed E-state index contributed by atoms with van der Waals surface area (Å²) in [6.45, 7) is 6.49. The minimum atomic E-state index is 0.0546. The van der Waals surface area contributed by atoms with Gasteiger partial charge in [-0.05, 0) is 25.8 Å². The molecule has 0 saturated carbocycles. The first-order chi connectivity index (χ1) is 12.7. The highest BCUT2D eigenvalue weighted by Gasteiger charge is 2.33. The molecule has 0 aliphatic carbocycles. The molecule has 4 rings (SSSR count). The normalized spacial score (nSPS) is 21.3. The molecule has 2 saturated heterocycles. The van der Waals surface area contributed by atoms with Crippen LogP contribution in [0.4, 0.5) is 5.95 Å². The van der Waals surface area contributed by atoms with Gasteiger partial charge in [-0.3, -0.25) is 9.69 Å². The maximum absolute atomic E-state index is 12.8. The largest absolute Gasteiger partial charge is 0.361 e. The average molecular weight is 356 g/mol. The van der Waals surface area contributed by atoms with Crippen LogP contribution >= 0.6 is 0 Å². The van der Waals surface area contributed by atoms with Gasteiger partial charge >= 0.3 is 0 Å². The molecule has 0 bridgehead atoms. The van der Waals surface area contributed by atoms with Gasteiger partial charge in [-0.1, -0.05) is 5.16 Å². The summed E-state index contributed by atoms with van der Waals surface area (Å²) in [5.74, 6) is 1.73. The number of amides is 1. The number of hydrogen-bond donors (Lipinski definition) is 0. The molecule has 26 heavy (non-hydrogen) atoms. The summed E-state index contributed by atoms with van der Waals surface area (Å²) in [7, 11) is 0. The summed E-state index contributed by atoms with van der Waals surface area (Å²) >= 11 is 0. The van der Waals surface area contributed by atoms with Crippen LogP contribution in [0.1, 0.15) is 30.3 Å². The molecule has 4 heterocycles. The monoisotopic (exact) mass is 356 g/mol. The van der Waals surface area contributed by atoms with E-state index in [1.807, 2.05) is 24.0 Å². The maximum Gasteiger partial charge on any atom is 0.237 e. The number of likely N-dealkylation sites (tertiary alicyclic amines) is 1. The topological polar surface area (TPSA) is 78.6 Å². The minimum Gasteiger partial charge on any atom is -0.361 e. The van der Waals surface area contributed by atoms with Crippen LogP contribution in [0.3, 0.4) is 0 Å². The van der Waals surface area contributed by atoms with Crippen LogP contribution in [0, 0.1) is 6.92 Å². The maximum atomic E-state index is 12.8. The second-order valence-corrected chi connectivity index (χ2v) is 6.92. The Morgan fingerprint density at radius 1 is 1.19 bits per heavy atom. The van der Waals surface area contributed by atoms with Gasteiger partial charge in [-0.15, -0.1) is 0 Å². The smallest absolute Gasteiger partial charge is 0.237 e. The quantitative estimate of drug-likeness (QED) is 0.816. The predicted octanol–water partition coefficient (Wildman–Crippen LogP) is 1.26. The standard InChI is InChI=1S/C18H24N6O2/c1-14-12-15(21-26-14)16-4-2-7-24(16)17(25)13-22-8-10-23(11-9-22)18-19-5-3-6-20-18/h3,5-6,12,16H,2,4,7-11,13H2,1H3/t16-/m0/s1. The van der Waals surface area contributed by atoms with E-state index in [2.05, 4.69) is 24.9 Å². The first kappa shape index (κ1) is 17.0. The van der Waals surface area contributed by atoms with Crippen molar-refractivity contribution in [2.45, 2.75) is 25.8 Å². The number of aromatic nitrogens is 3. The lowest BCUT2D eigenvalue weighted by molar-refractivity contribution is -0.133. The Hall–Kier alpha value is -2.48. The fourth-order valence-electron chi connectivity index (χ4n) is 3.76. The van der Waals surface area contributed by atoms with Crippen molar-refractivity contribution in [3.8, 4) is 0 Å². The number of rotatable bonds is 4. The van der Waals surface area contributed by atoms with Crippen LogP contribution in [0.15, 0.2) is 29.0 Å². The Kier molecular flexibility index (Phi) is 4.83. The number of nitrogens with zero attached hydrogens (tertiary/aromatic N) is 6. The summed E-state index contributed by atoms with van der Waals surface area (Å²) in [4.78, 5) is 27.8. The average Bonchev–Trinajstić information content (AvgIpc) is 3.32. The van der Waals surface area contributed by atoms with Gasteiger partial charge in [-0.2, -0.15) is 0 Å². The van der Waals surface area contributed by atoms with Crippen molar-refractivity contribution in [2.75, 3.05) is 44.2 Å². The molecule has 0 unspecified atom stereocenters. The molecular formula is C18H24N6O2. The lowest BCUT2D eigenvalue weighted by Gasteiger charge is -2.35. The fraction of sp³-hybridized carbons (Fsp3) is 0.556. The van der Waals surface area contributed by atoms with Crippen LogP contribution in [0.2, 0.25) is 0 Å². The molecule has 0 N–H and O–H groups in total. The zero-order valence-corrected chi connectivity index (χ0v) is 15.0. The molecule has 2 fully saturated rings. The summed E-state index contributed by atoms with van der Waals surface area (Å²) < 4.78 is 5.19. The number of piperazine rings is 1. The molecule has 1 amide bonds. The van der Waals surface area contributed by atoms with E-state index in [0.717, 1.165) is 63.0 Å². The molecule has 138 valence electrons. The molecule has 2 aliphatic rings. The first-order valence-corrected chi connectivity index (χ1v) is 9.18. The van der Waals surface area contributed by atoms with Crippen molar-refractivity contribution in [1.29, 1.82) is 0 Å². The van der Waals surface area contributed by atoms with Crippen LogP contribution in [-0.2, 0) is 4.79 Å². The van der Waals surface area contributed by atoms with Gasteiger partial charge in [0.15, 0.2) is 0 Å². The second kappa shape index (κ2) is 7.41. The van der Waals surface area contributed by atoms with E-state index in [4.69, 9.17) is 4.52 Å². The molecule has 1 atom stereocenters. The number of carbonyl (C=O) groups is 1. The second-order valence-electron chi connectivity index (χ2n) is 6.92. The molecule has 0 aromatic carbocycles. The van der Waals surface area contributed by atoms with E-state index in [1.54, 1.807) is 12.4 Å². The van der Waals surface area contributed by atoms with Crippen molar-refractivity contribution < 1.29 is 9.32 Å². The van der Waals surface area contributed by atoms with E-state index in [1.165, 1.54) is 0 Å². The van der Waals surface area contributed by atoms with Crippen LogP contribution in [0.25, 0.3) is 0 Å². The van der Waals surface area contributed by atoms with Gasteiger partial charge in [0.1, 0.15) is 11.5 Å². The number of aryl methyl sites for hydroxylation is 1. The SMILES string of the molecule is Cc1cc([C@@H]2CCCN2C(=O)CN2CCN(c3ncccn3)CC2)no1. The fourth-order valence-corrected chi connectivity index (χ4v) is 3.76. The van der Waals surface area contributed by atoms with E-state index in [0.29, 0.717) is 6.54 Å². The third-order valence-corrected chi connectivity index (χ3v) is 5.13. The van der Waals surface area contributed by atoms with Gasteiger partial charge in [0, 0.05) is 51.2 Å². The van der Waals surface area contributed by atoms with Gasteiger partial charge < -0.3 is 14.3 Å². The Morgan fingerprint density at radius 2 is 1.96 bits per heavy atom. The van der Waals surface area contributed by atoms with Crippen LogP contribution in [0.5, 0.6) is 0 Å². The molecule has 2 aromatic heterocycles. The lowest BCUT2D eigenvalue weighted by Crippen LogP contribution is -2.50. The number of carbonyl (C=O) groups excluding carboxylic acids is 1. The van der Waals surface area contributed by atoms with Crippen LogP contribution < -0.4 is 4.90 Å².